The van der Waals surface area contributed by atoms with Crippen molar-refractivity contribution in [2.75, 3.05) is 6.54 Å². The van der Waals surface area contributed by atoms with E-state index < -0.39 is 18.0 Å². The smallest absolute Gasteiger partial charge is 0.334 e. The molecule has 2 aromatic heterocycles. The normalized spacial score (nSPS) is 12.1. The van der Waals surface area contributed by atoms with Gasteiger partial charge in [-0.05, 0) is 18.4 Å². The lowest BCUT2D eigenvalue weighted by Crippen LogP contribution is -2.36. The Bertz CT molecular complexity index is 621. The van der Waals surface area contributed by atoms with E-state index in [1.165, 1.54) is 11.3 Å². The van der Waals surface area contributed by atoms with Crippen LogP contribution in [0.1, 0.15) is 15.4 Å². The molecule has 0 spiro atoms. The van der Waals surface area contributed by atoms with E-state index in [-0.39, 0.29) is 6.54 Å². The first-order valence-electron chi connectivity index (χ1n) is 5.68. The number of nitrogens with one attached hydrogen (secondary N) is 1. The summed E-state index contributed by atoms with van der Waals surface area (Å²) in [6, 6.07) is 1.92. The second kappa shape index (κ2) is 6.12. The van der Waals surface area contributed by atoms with Gasteiger partial charge in [-0.25, -0.2) is 9.78 Å². The number of carboxylic acid groups (broad SMARTS) is 1. The maximum absolute atomic E-state index is 11.9. The molecule has 0 aliphatic carbocycles. The van der Waals surface area contributed by atoms with Gasteiger partial charge in [0.1, 0.15) is 9.88 Å². The van der Waals surface area contributed by atoms with Gasteiger partial charge >= 0.3 is 5.97 Å². The number of aromatic nitrogens is 1. The Morgan fingerprint density at radius 3 is 2.85 bits per heavy atom. The van der Waals surface area contributed by atoms with Gasteiger partial charge < -0.3 is 15.5 Å². The first-order valence-corrected chi connectivity index (χ1v) is 7.44. The summed E-state index contributed by atoms with van der Waals surface area (Å²) in [5.41, 5.74) is 1.53. The highest BCUT2D eigenvalue weighted by atomic mass is 32.1. The number of hydrogen-bond acceptors (Lipinski definition) is 6. The van der Waals surface area contributed by atoms with Crippen molar-refractivity contribution in [3.05, 3.63) is 27.4 Å². The molecule has 1 atom stereocenters. The minimum atomic E-state index is -1.61. The predicted octanol–water partition coefficient (Wildman–Crippen LogP) is 1.36. The van der Waals surface area contributed by atoms with Crippen molar-refractivity contribution in [1.82, 2.24) is 10.3 Å². The number of amides is 1. The average molecular weight is 312 g/mol. The van der Waals surface area contributed by atoms with Gasteiger partial charge in [0.2, 0.25) is 0 Å². The molecule has 2 aromatic rings. The van der Waals surface area contributed by atoms with Crippen LogP contribution in [0.15, 0.2) is 16.8 Å². The van der Waals surface area contributed by atoms with E-state index in [4.69, 9.17) is 10.2 Å². The quantitative estimate of drug-likeness (QED) is 0.774. The van der Waals surface area contributed by atoms with Crippen molar-refractivity contribution < 1.29 is 19.8 Å². The third kappa shape index (κ3) is 3.21. The number of thiophene rings is 1. The fourth-order valence-electron chi connectivity index (χ4n) is 1.47. The van der Waals surface area contributed by atoms with Crippen LogP contribution in [0.4, 0.5) is 0 Å². The second-order valence-electron chi connectivity index (χ2n) is 4.01. The van der Waals surface area contributed by atoms with Crippen LogP contribution in [-0.4, -0.2) is 39.7 Å². The summed E-state index contributed by atoms with van der Waals surface area (Å²) in [5.74, 6) is -1.80. The van der Waals surface area contributed by atoms with Gasteiger partial charge in [-0.2, -0.15) is 11.3 Å². The minimum Gasteiger partial charge on any atom is -0.479 e. The SMILES string of the molecule is Cc1nc(-c2ccsc2)sc1C(=O)NC[C@H](O)C(=O)O. The molecule has 20 heavy (non-hydrogen) atoms. The lowest BCUT2D eigenvalue weighted by molar-refractivity contribution is -0.146. The fourth-order valence-corrected chi connectivity index (χ4v) is 3.17. The Morgan fingerprint density at radius 1 is 1.50 bits per heavy atom. The number of carbonyl (C=O) groups is 2. The van der Waals surface area contributed by atoms with Crippen molar-refractivity contribution in [2.24, 2.45) is 0 Å². The highest BCUT2D eigenvalue weighted by Crippen LogP contribution is 2.29. The molecule has 1 amide bonds. The van der Waals surface area contributed by atoms with Crippen LogP contribution >= 0.6 is 22.7 Å². The molecule has 0 aliphatic heterocycles. The number of aryl methyl sites for hydroxylation is 1. The topological polar surface area (TPSA) is 99.5 Å². The van der Waals surface area contributed by atoms with Gasteiger partial charge in [0.15, 0.2) is 6.10 Å². The van der Waals surface area contributed by atoms with Gasteiger partial charge in [-0.15, -0.1) is 11.3 Å². The number of carboxylic acids is 1. The highest BCUT2D eigenvalue weighted by Gasteiger charge is 2.19. The lowest BCUT2D eigenvalue weighted by Gasteiger charge is -2.06. The average Bonchev–Trinajstić information content (AvgIpc) is 3.04. The molecule has 106 valence electrons. The first kappa shape index (κ1) is 14.6. The molecule has 0 saturated heterocycles. The van der Waals surface area contributed by atoms with E-state index in [0.717, 1.165) is 10.6 Å². The van der Waals surface area contributed by atoms with Gasteiger partial charge in [-0.1, -0.05) is 0 Å². The fraction of sp³-hybridized carbons (Fsp3) is 0.250. The van der Waals surface area contributed by atoms with Crippen molar-refractivity contribution in [3.63, 3.8) is 0 Å². The van der Waals surface area contributed by atoms with E-state index in [2.05, 4.69) is 10.3 Å². The Hall–Kier alpha value is -1.77. The van der Waals surface area contributed by atoms with Crippen LogP contribution in [-0.2, 0) is 4.79 Å². The number of thiazole rings is 1. The number of nitrogens with zero attached hydrogens (tertiary/aromatic N) is 1. The molecule has 0 aromatic carbocycles. The highest BCUT2D eigenvalue weighted by molar-refractivity contribution is 7.17. The van der Waals surface area contributed by atoms with Crippen LogP contribution in [0.3, 0.4) is 0 Å². The summed E-state index contributed by atoms with van der Waals surface area (Å²) in [5, 5.41) is 24.7. The van der Waals surface area contributed by atoms with Crippen LogP contribution < -0.4 is 5.32 Å². The molecule has 6 nitrogen and oxygen atoms in total. The zero-order valence-corrected chi connectivity index (χ0v) is 12.1. The maximum Gasteiger partial charge on any atom is 0.334 e. The molecule has 0 radical (unpaired) electrons. The number of hydrogen-bond donors (Lipinski definition) is 3. The summed E-state index contributed by atoms with van der Waals surface area (Å²) in [4.78, 5) is 27.1. The Labute approximate surface area is 122 Å². The van der Waals surface area contributed by atoms with Crippen LogP contribution in [0.5, 0.6) is 0 Å². The summed E-state index contributed by atoms with van der Waals surface area (Å²) in [7, 11) is 0. The maximum atomic E-state index is 11.9. The molecule has 0 bridgehead atoms. The molecular weight excluding hydrogens is 300 g/mol. The molecular formula is C12H12N2O4S2. The summed E-state index contributed by atoms with van der Waals surface area (Å²) >= 11 is 2.78. The number of aliphatic hydroxyl groups is 1. The van der Waals surface area contributed by atoms with Crippen molar-refractivity contribution in [1.29, 1.82) is 0 Å². The lowest BCUT2D eigenvalue weighted by atomic mass is 10.3. The Morgan fingerprint density at radius 2 is 2.25 bits per heavy atom. The summed E-state index contributed by atoms with van der Waals surface area (Å²) in [6.07, 6.45) is -1.61. The number of aliphatic carboxylic acids is 1. The largest absolute Gasteiger partial charge is 0.479 e. The Balaban J connectivity index is 2.09. The first-order chi connectivity index (χ1) is 9.49. The monoisotopic (exact) mass is 312 g/mol. The summed E-state index contributed by atoms with van der Waals surface area (Å²) < 4.78 is 0. The standard InChI is InChI=1S/C12H12N2O4S2/c1-6-9(10(16)13-4-8(15)12(17)18)20-11(14-6)7-2-3-19-5-7/h2-3,5,8,15H,4H2,1H3,(H,13,16)(H,17,18)/t8-/m0/s1. The molecule has 0 aliphatic rings. The van der Waals surface area contributed by atoms with Crippen molar-refractivity contribution >= 4 is 34.6 Å². The number of rotatable bonds is 5. The molecule has 2 rings (SSSR count). The molecule has 8 heteroatoms. The predicted molar refractivity (Wildman–Crippen MR) is 76.1 cm³/mol. The second-order valence-corrected chi connectivity index (χ2v) is 5.79. The zero-order valence-electron chi connectivity index (χ0n) is 10.5. The Kier molecular flexibility index (Phi) is 4.48. The molecule has 0 saturated carbocycles. The summed E-state index contributed by atoms with van der Waals surface area (Å²) in [6.45, 7) is 1.38. The zero-order chi connectivity index (χ0) is 14.7. The van der Waals surface area contributed by atoms with E-state index in [9.17, 15) is 9.59 Å². The van der Waals surface area contributed by atoms with E-state index >= 15 is 0 Å². The van der Waals surface area contributed by atoms with E-state index in [1.807, 2.05) is 16.8 Å². The van der Waals surface area contributed by atoms with Crippen LogP contribution in [0, 0.1) is 6.92 Å². The van der Waals surface area contributed by atoms with Crippen LogP contribution in [0.2, 0.25) is 0 Å². The number of aliphatic hydroxyl groups excluding tert-OH is 1. The van der Waals surface area contributed by atoms with Gasteiger partial charge in [0.25, 0.3) is 5.91 Å². The van der Waals surface area contributed by atoms with Crippen molar-refractivity contribution in [3.8, 4) is 10.6 Å². The van der Waals surface area contributed by atoms with Gasteiger partial charge in [0, 0.05) is 10.9 Å². The molecule has 2 heterocycles. The van der Waals surface area contributed by atoms with Crippen LogP contribution in [0.25, 0.3) is 10.6 Å². The molecule has 3 N–H and O–H groups in total. The third-order valence-electron chi connectivity index (χ3n) is 2.51. The van der Waals surface area contributed by atoms with E-state index in [1.54, 1.807) is 18.3 Å². The number of carbonyl (C=O) groups excluding carboxylic acids is 1. The molecule has 0 unspecified atom stereocenters. The van der Waals surface area contributed by atoms with E-state index in [0.29, 0.717) is 10.6 Å². The molecule has 0 fully saturated rings. The van der Waals surface area contributed by atoms with Gasteiger partial charge in [-0.3, -0.25) is 4.79 Å². The van der Waals surface area contributed by atoms with Gasteiger partial charge in [0.05, 0.1) is 12.2 Å². The van der Waals surface area contributed by atoms with Crippen molar-refractivity contribution in [2.45, 2.75) is 13.0 Å². The minimum absolute atomic E-state index is 0.334. The third-order valence-corrected chi connectivity index (χ3v) is 4.40.